The normalized spacial score (nSPS) is 15.5. The molecule has 5 nitrogen and oxygen atoms in total. The molecule has 0 aliphatic carbocycles. The summed E-state index contributed by atoms with van der Waals surface area (Å²) >= 11 is 0. The summed E-state index contributed by atoms with van der Waals surface area (Å²) in [7, 11) is 1.71. The van der Waals surface area contributed by atoms with Crippen molar-refractivity contribution in [2.24, 2.45) is 5.41 Å². The summed E-state index contributed by atoms with van der Waals surface area (Å²) in [4.78, 5) is 13.9. The zero-order valence-corrected chi connectivity index (χ0v) is 13.1. The molecular formula is C16H24N2O3. The van der Waals surface area contributed by atoms with E-state index in [-0.39, 0.29) is 24.1 Å². The highest BCUT2D eigenvalue weighted by Crippen LogP contribution is 2.25. The third-order valence-corrected chi connectivity index (χ3v) is 3.93. The van der Waals surface area contributed by atoms with Gasteiger partial charge in [-0.1, -0.05) is 26.8 Å². The van der Waals surface area contributed by atoms with Gasteiger partial charge in [-0.3, -0.25) is 0 Å². The minimum Gasteiger partial charge on any atom is -0.394 e. The first kappa shape index (κ1) is 15.8. The van der Waals surface area contributed by atoms with Crippen molar-refractivity contribution in [3.63, 3.8) is 0 Å². The standard InChI is InChI=1S/C16H24N2O3/c1-16(2,3)14(8-19)18(4)15(20)17-13-6-5-11-9-21-10-12(11)7-13/h5-7,14,19H,8-10H2,1-4H3,(H,17,20). The molecule has 2 amide bonds. The lowest BCUT2D eigenvalue weighted by Crippen LogP contribution is -2.48. The molecule has 116 valence electrons. The Labute approximate surface area is 125 Å². The fourth-order valence-electron chi connectivity index (χ4n) is 2.58. The van der Waals surface area contributed by atoms with Crippen molar-refractivity contribution in [1.82, 2.24) is 4.90 Å². The van der Waals surface area contributed by atoms with Crippen molar-refractivity contribution in [3.05, 3.63) is 29.3 Å². The number of urea groups is 1. The Bertz CT molecular complexity index is 523. The number of rotatable bonds is 3. The number of amides is 2. The molecule has 1 aliphatic heterocycles. The van der Waals surface area contributed by atoms with Crippen LogP contribution in [0.5, 0.6) is 0 Å². The van der Waals surface area contributed by atoms with Crippen molar-refractivity contribution in [2.45, 2.75) is 40.0 Å². The van der Waals surface area contributed by atoms with Crippen LogP contribution < -0.4 is 5.32 Å². The lowest BCUT2D eigenvalue weighted by atomic mass is 9.86. The molecule has 0 fully saturated rings. The van der Waals surface area contributed by atoms with E-state index in [1.165, 1.54) is 5.56 Å². The van der Waals surface area contributed by atoms with Crippen LogP contribution in [-0.4, -0.2) is 35.7 Å². The van der Waals surface area contributed by atoms with E-state index in [4.69, 9.17) is 4.74 Å². The summed E-state index contributed by atoms with van der Waals surface area (Å²) in [6, 6.07) is 5.34. The molecule has 0 saturated heterocycles. The monoisotopic (exact) mass is 292 g/mol. The number of anilines is 1. The number of hydrogen-bond acceptors (Lipinski definition) is 3. The molecule has 0 aromatic heterocycles. The summed E-state index contributed by atoms with van der Waals surface area (Å²) < 4.78 is 5.37. The zero-order chi connectivity index (χ0) is 15.6. The fourth-order valence-corrected chi connectivity index (χ4v) is 2.58. The van der Waals surface area contributed by atoms with Gasteiger partial charge in [-0.2, -0.15) is 0 Å². The molecule has 1 unspecified atom stereocenters. The van der Waals surface area contributed by atoms with Crippen LogP contribution in [-0.2, 0) is 18.0 Å². The number of benzene rings is 1. The highest BCUT2D eigenvalue weighted by molar-refractivity contribution is 5.89. The second-order valence-corrected chi connectivity index (χ2v) is 6.58. The molecule has 1 aliphatic rings. The van der Waals surface area contributed by atoms with E-state index >= 15 is 0 Å². The Morgan fingerprint density at radius 2 is 2.05 bits per heavy atom. The summed E-state index contributed by atoms with van der Waals surface area (Å²) in [6.07, 6.45) is 0. The van der Waals surface area contributed by atoms with Crippen LogP contribution in [0.4, 0.5) is 10.5 Å². The number of aliphatic hydroxyl groups excluding tert-OH is 1. The van der Waals surface area contributed by atoms with Gasteiger partial charge in [0.2, 0.25) is 0 Å². The van der Waals surface area contributed by atoms with Crippen LogP contribution in [0.2, 0.25) is 0 Å². The molecule has 21 heavy (non-hydrogen) atoms. The summed E-state index contributed by atoms with van der Waals surface area (Å²) in [6.45, 7) is 7.18. The van der Waals surface area contributed by atoms with Gasteiger partial charge in [0.05, 0.1) is 25.9 Å². The molecule has 2 rings (SSSR count). The predicted octanol–water partition coefficient (Wildman–Crippen LogP) is 2.59. The molecule has 1 aromatic rings. The van der Waals surface area contributed by atoms with Gasteiger partial charge in [-0.15, -0.1) is 0 Å². The summed E-state index contributed by atoms with van der Waals surface area (Å²) in [5.41, 5.74) is 2.85. The molecule has 0 radical (unpaired) electrons. The van der Waals surface area contributed by atoms with E-state index in [0.717, 1.165) is 11.3 Å². The first-order chi connectivity index (χ1) is 9.82. The van der Waals surface area contributed by atoms with Gasteiger partial charge in [0, 0.05) is 12.7 Å². The Balaban J connectivity index is 2.07. The molecule has 0 bridgehead atoms. The van der Waals surface area contributed by atoms with E-state index < -0.39 is 0 Å². The van der Waals surface area contributed by atoms with Crippen LogP contribution in [0, 0.1) is 5.41 Å². The highest BCUT2D eigenvalue weighted by atomic mass is 16.5. The molecule has 0 saturated carbocycles. The van der Waals surface area contributed by atoms with Gasteiger partial charge >= 0.3 is 6.03 Å². The number of aliphatic hydroxyl groups is 1. The Kier molecular flexibility index (Phi) is 4.54. The van der Waals surface area contributed by atoms with E-state index in [0.29, 0.717) is 13.2 Å². The number of ether oxygens (including phenoxy) is 1. The van der Waals surface area contributed by atoms with Crippen LogP contribution >= 0.6 is 0 Å². The SMILES string of the molecule is CN(C(=O)Nc1ccc2c(c1)COC2)C(CO)C(C)(C)C. The maximum Gasteiger partial charge on any atom is 0.321 e. The first-order valence-corrected chi connectivity index (χ1v) is 7.17. The van der Waals surface area contributed by atoms with Gasteiger partial charge < -0.3 is 20.1 Å². The number of carbonyl (C=O) groups excluding carboxylic acids is 1. The molecule has 1 aromatic carbocycles. The van der Waals surface area contributed by atoms with Crippen molar-refractivity contribution in [1.29, 1.82) is 0 Å². The number of fused-ring (bicyclic) bond motifs is 1. The van der Waals surface area contributed by atoms with Crippen LogP contribution in [0.1, 0.15) is 31.9 Å². The van der Waals surface area contributed by atoms with E-state index in [2.05, 4.69) is 5.32 Å². The smallest absolute Gasteiger partial charge is 0.321 e. The Morgan fingerprint density at radius 1 is 1.38 bits per heavy atom. The number of hydrogen-bond donors (Lipinski definition) is 2. The Morgan fingerprint density at radius 3 is 2.67 bits per heavy atom. The number of carbonyl (C=O) groups is 1. The second kappa shape index (κ2) is 6.03. The second-order valence-electron chi connectivity index (χ2n) is 6.58. The lowest BCUT2D eigenvalue weighted by Gasteiger charge is -2.36. The van der Waals surface area contributed by atoms with Crippen LogP contribution in [0.15, 0.2) is 18.2 Å². The topological polar surface area (TPSA) is 61.8 Å². The van der Waals surface area contributed by atoms with E-state index in [1.807, 2.05) is 39.0 Å². The van der Waals surface area contributed by atoms with E-state index in [1.54, 1.807) is 11.9 Å². The maximum absolute atomic E-state index is 12.3. The van der Waals surface area contributed by atoms with Gasteiger partial charge in [0.25, 0.3) is 0 Å². The largest absolute Gasteiger partial charge is 0.394 e. The molecule has 0 spiro atoms. The average molecular weight is 292 g/mol. The van der Waals surface area contributed by atoms with Crippen LogP contribution in [0.25, 0.3) is 0 Å². The minimum absolute atomic E-state index is 0.0640. The number of likely N-dealkylation sites (N-methyl/N-ethyl adjacent to an activating group) is 1. The summed E-state index contributed by atoms with van der Waals surface area (Å²) in [5.74, 6) is 0. The quantitative estimate of drug-likeness (QED) is 0.900. The van der Waals surface area contributed by atoms with Crippen molar-refractivity contribution < 1.29 is 14.6 Å². The lowest BCUT2D eigenvalue weighted by molar-refractivity contribution is 0.0886. The maximum atomic E-state index is 12.3. The van der Waals surface area contributed by atoms with Crippen LogP contribution in [0.3, 0.4) is 0 Å². The third-order valence-electron chi connectivity index (χ3n) is 3.93. The average Bonchev–Trinajstić information content (AvgIpc) is 2.85. The Hall–Kier alpha value is -1.59. The van der Waals surface area contributed by atoms with Gasteiger partial charge in [0.1, 0.15) is 0 Å². The highest BCUT2D eigenvalue weighted by Gasteiger charge is 2.30. The number of nitrogens with one attached hydrogen (secondary N) is 1. The van der Waals surface area contributed by atoms with Crippen molar-refractivity contribution in [3.8, 4) is 0 Å². The fraction of sp³-hybridized carbons (Fsp3) is 0.562. The molecule has 2 N–H and O–H groups in total. The molecule has 1 atom stereocenters. The van der Waals surface area contributed by atoms with Crippen molar-refractivity contribution in [2.75, 3.05) is 19.0 Å². The van der Waals surface area contributed by atoms with E-state index in [9.17, 15) is 9.90 Å². The molecular weight excluding hydrogens is 268 g/mol. The minimum atomic E-state index is -0.240. The number of nitrogens with zero attached hydrogens (tertiary/aromatic N) is 1. The van der Waals surface area contributed by atoms with Gasteiger partial charge in [-0.05, 0) is 28.7 Å². The van der Waals surface area contributed by atoms with Gasteiger partial charge in [0.15, 0.2) is 0 Å². The molecule has 1 heterocycles. The van der Waals surface area contributed by atoms with Crippen molar-refractivity contribution >= 4 is 11.7 Å². The third kappa shape index (κ3) is 3.54. The van der Waals surface area contributed by atoms with Gasteiger partial charge in [-0.25, -0.2) is 4.79 Å². The zero-order valence-electron chi connectivity index (χ0n) is 13.1. The molecule has 5 heteroatoms. The summed E-state index contributed by atoms with van der Waals surface area (Å²) in [5, 5.41) is 12.4. The first-order valence-electron chi connectivity index (χ1n) is 7.17. The predicted molar refractivity (Wildman–Crippen MR) is 82.0 cm³/mol.